The van der Waals surface area contributed by atoms with Crippen LogP contribution in [0.1, 0.15) is 63.7 Å². The first-order valence-corrected chi connectivity index (χ1v) is 11.1. The van der Waals surface area contributed by atoms with E-state index < -0.39 is 5.97 Å². The molecule has 1 aliphatic rings. The number of methoxy groups -OCH3 is 1. The number of anilines is 1. The van der Waals surface area contributed by atoms with Gasteiger partial charge in [-0.15, -0.1) is 5.10 Å². The van der Waals surface area contributed by atoms with Gasteiger partial charge in [0.2, 0.25) is 5.91 Å². The third-order valence-corrected chi connectivity index (χ3v) is 5.86. The summed E-state index contributed by atoms with van der Waals surface area (Å²) in [5, 5.41) is 4.68. The van der Waals surface area contributed by atoms with Gasteiger partial charge in [-0.2, -0.15) is 0 Å². The first-order chi connectivity index (χ1) is 14.8. The van der Waals surface area contributed by atoms with Gasteiger partial charge in [0.05, 0.1) is 19.4 Å². The summed E-state index contributed by atoms with van der Waals surface area (Å²) in [6.07, 6.45) is 5.47. The zero-order valence-electron chi connectivity index (χ0n) is 19.1. The molecule has 1 aliphatic carbocycles. The van der Waals surface area contributed by atoms with Crippen LogP contribution in [0, 0.1) is 11.8 Å². The van der Waals surface area contributed by atoms with Gasteiger partial charge < -0.3 is 9.47 Å². The zero-order chi connectivity index (χ0) is 22.5. The first kappa shape index (κ1) is 22.8. The van der Waals surface area contributed by atoms with Gasteiger partial charge in [-0.25, -0.2) is 9.48 Å². The fourth-order valence-electron chi connectivity index (χ4n) is 4.09. The lowest BCUT2D eigenvalue weighted by Crippen LogP contribution is -2.43. The Kier molecular flexibility index (Phi) is 7.36. The monoisotopic (exact) mass is 427 g/mol. The maximum absolute atomic E-state index is 13.5. The van der Waals surface area contributed by atoms with Crippen molar-refractivity contribution in [2.75, 3.05) is 18.6 Å². The summed E-state index contributed by atoms with van der Waals surface area (Å²) in [7, 11) is 1.60. The second-order valence-corrected chi connectivity index (χ2v) is 8.49. The molecule has 168 valence electrons. The van der Waals surface area contributed by atoms with E-state index in [1.165, 1.54) is 0 Å². The highest BCUT2D eigenvalue weighted by atomic mass is 16.5. The van der Waals surface area contributed by atoms with Crippen molar-refractivity contribution in [3.63, 3.8) is 0 Å². The lowest BCUT2D eigenvalue weighted by Gasteiger charge is -2.32. The number of nitrogens with zero attached hydrogens (tertiary/aromatic N) is 3. The van der Waals surface area contributed by atoms with E-state index in [-0.39, 0.29) is 30.0 Å². The summed E-state index contributed by atoms with van der Waals surface area (Å²) in [6.45, 7) is 8.14. The van der Waals surface area contributed by atoms with E-state index in [9.17, 15) is 9.59 Å². The number of rotatable bonds is 7. The van der Waals surface area contributed by atoms with Crippen molar-refractivity contribution in [1.82, 2.24) is 9.78 Å². The first-order valence-electron chi connectivity index (χ1n) is 11.1. The zero-order valence-corrected chi connectivity index (χ0v) is 19.1. The molecular weight excluding hydrogens is 394 g/mol. The van der Waals surface area contributed by atoms with Crippen LogP contribution in [0.3, 0.4) is 0 Å². The molecule has 0 radical (unpaired) electrons. The van der Waals surface area contributed by atoms with Gasteiger partial charge in [-0.1, -0.05) is 13.0 Å². The smallest absolute Gasteiger partial charge is 0.343 e. The van der Waals surface area contributed by atoms with Gasteiger partial charge in [-0.3, -0.25) is 9.69 Å². The lowest BCUT2D eigenvalue weighted by molar-refractivity contribution is -0.123. The number of hydrogen-bond acceptors (Lipinski definition) is 5. The van der Waals surface area contributed by atoms with Gasteiger partial charge in [0, 0.05) is 24.2 Å². The van der Waals surface area contributed by atoms with Crippen molar-refractivity contribution in [3.05, 3.63) is 36.0 Å². The molecule has 0 bridgehead atoms. The van der Waals surface area contributed by atoms with E-state index in [2.05, 4.69) is 12.0 Å². The summed E-state index contributed by atoms with van der Waals surface area (Å²) in [6, 6.07) is 7.25. The molecule has 0 saturated heterocycles. The molecule has 1 aromatic carbocycles. The molecule has 2 aromatic rings. The molecule has 3 rings (SSSR count). The topological polar surface area (TPSA) is 73.7 Å². The molecule has 0 aliphatic heterocycles. The summed E-state index contributed by atoms with van der Waals surface area (Å²) < 4.78 is 12.2. The Bertz CT molecular complexity index is 913. The second-order valence-electron chi connectivity index (χ2n) is 8.49. The molecule has 7 heteroatoms. The molecule has 1 heterocycles. The Morgan fingerprint density at radius 3 is 2.55 bits per heavy atom. The molecule has 0 atom stereocenters. The number of benzene rings is 1. The van der Waals surface area contributed by atoms with Crippen LogP contribution in [-0.4, -0.2) is 41.4 Å². The highest BCUT2D eigenvalue weighted by Crippen LogP contribution is 2.33. The van der Waals surface area contributed by atoms with Gasteiger partial charge in [0.15, 0.2) is 5.82 Å². The number of carbonyl (C=O) groups excluding carboxylic acids is 2. The van der Waals surface area contributed by atoms with Gasteiger partial charge in [0.1, 0.15) is 11.3 Å². The second kappa shape index (κ2) is 9.98. The summed E-state index contributed by atoms with van der Waals surface area (Å²) >= 11 is 0. The van der Waals surface area contributed by atoms with Gasteiger partial charge in [0.25, 0.3) is 0 Å². The number of carbonyl (C=O) groups is 2. The summed E-state index contributed by atoms with van der Waals surface area (Å²) in [5.41, 5.74) is 1.02. The van der Waals surface area contributed by atoms with Crippen molar-refractivity contribution in [3.8, 4) is 11.4 Å². The largest absolute Gasteiger partial charge is 0.497 e. The molecule has 1 aromatic heterocycles. The van der Waals surface area contributed by atoms with Crippen LogP contribution in [0.15, 0.2) is 30.5 Å². The number of esters is 1. The predicted molar refractivity (Wildman–Crippen MR) is 120 cm³/mol. The Morgan fingerprint density at radius 2 is 1.94 bits per heavy atom. The van der Waals surface area contributed by atoms with Crippen LogP contribution < -0.4 is 9.64 Å². The van der Waals surface area contributed by atoms with Crippen LogP contribution in [-0.2, 0) is 9.53 Å². The third kappa shape index (κ3) is 5.09. The van der Waals surface area contributed by atoms with Gasteiger partial charge >= 0.3 is 5.97 Å². The van der Waals surface area contributed by atoms with Crippen LogP contribution in [0.4, 0.5) is 5.82 Å². The average Bonchev–Trinajstić information content (AvgIpc) is 3.19. The minimum Gasteiger partial charge on any atom is -0.497 e. The van der Waals surface area contributed by atoms with E-state index in [0.717, 1.165) is 31.4 Å². The molecule has 1 fully saturated rings. The maximum atomic E-state index is 13.5. The van der Waals surface area contributed by atoms with Gasteiger partial charge in [-0.05, 0) is 64.5 Å². The molecule has 0 unspecified atom stereocenters. The van der Waals surface area contributed by atoms with Crippen LogP contribution >= 0.6 is 0 Å². The van der Waals surface area contributed by atoms with Crippen molar-refractivity contribution < 1.29 is 19.1 Å². The highest BCUT2D eigenvalue weighted by molar-refractivity contribution is 6.02. The number of hydrogen-bond donors (Lipinski definition) is 0. The Morgan fingerprint density at radius 1 is 1.23 bits per heavy atom. The summed E-state index contributed by atoms with van der Waals surface area (Å²) in [4.78, 5) is 28.0. The predicted octanol–water partition coefficient (Wildman–Crippen LogP) is 4.63. The molecule has 0 N–H and O–H groups in total. The minimum absolute atomic E-state index is 0.0309. The average molecular weight is 428 g/mol. The molecule has 0 spiro atoms. The standard InChI is InChI=1S/C24H33N3O4/c1-6-31-24(29)21-15-26(19-8-7-9-20(14-19)30-5)25-22(21)27(16(2)3)23(28)18-12-10-17(4)11-13-18/h7-9,14-18H,6,10-13H2,1-5H3/t17-,18-. The van der Waals surface area contributed by atoms with Crippen molar-refractivity contribution in [2.45, 2.75) is 59.4 Å². The minimum atomic E-state index is -0.484. The van der Waals surface area contributed by atoms with E-state index in [4.69, 9.17) is 9.47 Å². The van der Waals surface area contributed by atoms with Crippen LogP contribution in [0.25, 0.3) is 5.69 Å². The quantitative estimate of drug-likeness (QED) is 0.603. The molecule has 1 amide bonds. The van der Waals surface area contributed by atoms with Crippen LogP contribution in [0.5, 0.6) is 5.75 Å². The normalized spacial score (nSPS) is 18.6. The fourth-order valence-corrected chi connectivity index (χ4v) is 4.09. The Hall–Kier alpha value is -2.83. The Balaban J connectivity index is 2.03. The van der Waals surface area contributed by atoms with E-state index in [1.807, 2.05) is 38.1 Å². The SMILES string of the molecule is CCOC(=O)c1cn(-c2cccc(OC)c2)nc1N(C(=O)[C@H]1CC[C@H](C)CC1)C(C)C. The van der Waals surface area contributed by atoms with Crippen molar-refractivity contribution >= 4 is 17.7 Å². The molecular formula is C24H33N3O4. The van der Waals surface area contributed by atoms with E-state index in [1.54, 1.807) is 29.8 Å². The van der Waals surface area contributed by atoms with Crippen LogP contribution in [0.2, 0.25) is 0 Å². The molecule has 1 saturated carbocycles. The highest BCUT2D eigenvalue weighted by Gasteiger charge is 2.34. The molecule has 7 nitrogen and oxygen atoms in total. The fraction of sp³-hybridized carbons (Fsp3) is 0.542. The van der Waals surface area contributed by atoms with E-state index in [0.29, 0.717) is 17.5 Å². The maximum Gasteiger partial charge on any atom is 0.343 e. The number of ether oxygens (including phenoxy) is 2. The molecule has 31 heavy (non-hydrogen) atoms. The van der Waals surface area contributed by atoms with Crippen molar-refractivity contribution in [1.29, 1.82) is 0 Å². The third-order valence-electron chi connectivity index (χ3n) is 5.86. The lowest BCUT2D eigenvalue weighted by atomic mass is 9.82. The number of amides is 1. The Labute approximate surface area is 184 Å². The van der Waals surface area contributed by atoms with E-state index >= 15 is 0 Å². The summed E-state index contributed by atoms with van der Waals surface area (Å²) in [5.74, 6) is 1.18. The van der Waals surface area contributed by atoms with Crippen molar-refractivity contribution in [2.24, 2.45) is 11.8 Å². The number of aromatic nitrogens is 2.